The van der Waals surface area contributed by atoms with Gasteiger partial charge in [0.1, 0.15) is 5.75 Å². The number of nitrogens with zero attached hydrogens (tertiary/aromatic N) is 4. The van der Waals surface area contributed by atoms with Gasteiger partial charge >= 0.3 is 0 Å². The van der Waals surface area contributed by atoms with Crippen molar-refractivity contribution in [1.29, 1.82) is 0 Å². The number of tetrazole rings is 1. The Morgan fingerprint density at radius 1 is 1.47 bits per heavy atom. The van der Waals surface area contributed by atoms with Crippen LogP contribution >= 0.6 is 0 Å². The van der Waals surface area contributed by atoms with Gasteiger partial charge in [0.15, 0.2) is 5.82 Å². The molecule has 7 nitrogen and oxygen atoms in total. The zero-order valence-electron chi connectivity index (χ0n) is 10.6. The maximum absolute atomic E-state index is 5.81. The lowest BCUT2D eigenvalue weighted by atomic mass is 10.1. The van der Waals surface area contributed by atoms with Gasteiger partial charge in [0.05, 0.1) is 25.4 Å². The zero-order chi connectivity index (χ0) is 13.2. The summed E-state index contributed by atoms with van der Waals surface area (Å²) >= 11 is 0. The van der Waals surface area contributed by atoms with Crippen molar-refractivity contribution in [2.24, 2.45) is 0 Å². The second-order valence-corrected chi connectivity index (χ2v) is 4.42. The summed E-state index contributed by atoms with van der Waals surface area (Å²) in [6, 6.07) is 5.70. The highest BCUT2D eigenvalue weighted by Gasteiger charge is 2.23. The monoisotopic (exact) mass is 261 g/mol. The Morgan fingerprint density at radius 3 is 3.11 bits per heavy atom. The summed E-state index contributed by atoms with van der Waals surface area (Å²) in [4.78, 5) is 0. The van der Waals surface area contributed by atoms with Crippen LogP contribution in [0.3, 0.4) is 0 Å². The van der Waals surface area contributed by atoms with Crippen LogP contribution in [0.15, 0.2) is 18.2 Å². The van der Waals surface area contributed by atoms with Crippen LogP contribution in [0, 0.1) is 0 Å². The third-order valence-electron chi connectivity index (χ3n) is 3.24. The third kappa shape index (κ3) is 2.12. The Balaban J connectivity index is 2.00. The van der Waals surface area contributed by atoms with E-state index in [1.807, 2.05) is 12.1 Å². The highest BCUT2D eigenvalue weighted by Crippen LogP contribution is 2.29. The highest BCUT2D eigenvalue weighted by atomic mass is 16.5. The lowest BCUT2D eigenvalue weighted by Crippen LogP contribution is -2.12. The Hall–Kier alpha value is -2.15. The number of hydrogen-bond acceptors (Lipinski definition) is 6. The second kappa shape index (κ2) is 4.85. The van der Waals surface area contributed by atoms with E-state index >= 15 is 0 Å². The van der Waals surface area contributed by atoms with E-state index in [4.69, 9.17) is 15.2 Å². The minimum absolute atomic E-state index is 0.188. The molecule has 1 saturated heterocycles. The van der Waals surface area contributed by atoms with Gasteiger partial charge < -0.3 is 15.2 Å². The van der Waals surface area contributed by atoms with E-state index in [9.17, 15) is 0 Å². The van der Waals surface area contributed by atoms with E-state index in [1.54, 1.807) is 17.9 Å². The molecule has 0 bridgehead atoms. The summed E-state index contributed by atoms with van der Waals surface area (Å²) in [5, 5.41) is 11.9. The molecule has 0 aliphatic carbocycles. The van der Waals surface area contributed by atoms with Crippen LogP contribution < -0.4 is 10.5 Å². The second-order valence-electron chi connectivity index (χ2n) is 4.42. The smallest absolute Gasteiger partial charge is 0.182 e. The normalized spacial score (nSPS) is 18.7. The maximum Gasteiger partial charge on any atom is 0.182 e. The average molecular weight is 261 g/mol. The lowest BCUT2D eigenvalue weighted by Gasteiger charge is -2.11. The zero-order valence-corrected chi connectivity index (χ0v) is 10.6. The van der Waals surface area contributed by atoms with Gasteiger partial charge in [-0.25, -0.2) is 4.68 Å². The van der Waals surface area contributed by atoms with Gasteiger partial charge in [-0.05, 0) is 35.0 Å². The fraction of sp³-hybridized carbons (Fsp3) is 0.417. The van der Waals surface area contributed by atoms with Gasteiger partial charge in [0.25, 0.3) is 0 Å². The SMILES string of the molecule is COc1cc(-c2nnnn2C2CCOC2)ccc1N. The van der Waals surface area contributed by atoms with Crippen LogP contribution in [-0.4, -0.2) is 40.5 Å². The first kappa shape index (κ1) is 11.9. The predicted octanol–water partition coefficient (Wildman–Crippen LogP) is 0.892. The molecule has 1 fully saturated rings. The molecule has 2 N–H and O–H groups in total. The summed E-state index contributed by atoms with van der Waals surface area (Å²) < 4.78 is 12.4. The molecule has 100 valence electrons. The molecule has 1 aromatic heterocycles. The first-order valence-electron chi connectivity index (χ1n) is 6.09. The fourth-order valence-corrected chi connectivity index (χ4v) is 2.19. The summed E-state index contributed by atoms with van der Waals surface area (Å²) in [7, 11) is 1.59. The quantitative estimate of drug-likeness (QED) is 0.825. The molecule has 1 aromatic carbocycles. The van der Waals surface area contributed by atoms with E-state index in [1.165, 1.54) is 0 Å². The fourth-order valence-electron chi connectivity index (χ4n) is 2.19. The number of methoxy groups -OCH3 is 1. The lowest BCUT2D eigenvalue weighted by molar-refractivity contribution is 0.184. The molecule has 1 unspecified atom stereocenters. The predicted molar refractivity (Wildman–Crippen MR) is 68.7 cm³/mol. The molecular weight excluding hydrogens is 246 g/mol. The van der Waals surface area contributed by atoms with Crippen LogP contribution in [-0.2, 0) is 4.74 Å². The van der Waals surface area contributed by atoms with Gasteiger partial charge in [-0.1, -0.05) is 0 Å². The Morgan fingerprint density at radius 2 is 2.37 bits per heavy atom. The molecular formula is C12H15N5O2. The summed E-state index contributed by atoms with van der Waals surface area (Å²) in [6.07, 6.45) is 0.921. The van der Waals surface area contributed by atoms with Crippen molar-refractivity contribution in [3.63, 3.8) is 0 Å². The van der Waals surface area contributed by atoms with E-state index < -0.39 is 0 Å². The number of anilines is 1. The molecule has 2 heterocycles. The van der Waals surface area contributed by atoms with Crippen LogP contribution in [0.5, 0.6) is 5.75 Å². The van der Waals surface area contributed by atoms with E-state index in [2.05, 4.69) is 15.5 Å². The average Bonchev–Trinajstić information content (AvgIpc) is 3.09. The summed E-state index contributed by atoms with van der Waals surface area (Å²) in [5.41, 5.74) is 7.28. The molecule has 1 aliphatic rings. The van der Waals surface area contributed by atoms with Crippen LogP contribution in [0.1, 0.15) is 12.5 Å². The van der Waals surface area contributed by atoms with Crippen molar-refractivity contribution in [1.82, 2.24) is 20.2 Å². The maximum atomic E-state index is 5.81. The van der Waals surface area contributed by atoms with Crippen LogP contribution in [0.2, 0.25) is 0 Å². The number of ether oxygens (including phenoxy) is 2. The van der Waals surface area contributed by atoms with E-state index in [-0.39, 0.29) is 6.04 Å². The van der Waals surface area contributed by atoms with E-state index in [0.29, 0.717) is 23.9 Å². The number of rotatable bonds is 3. The number of nitrogens with two attached hydrogens (primary N) is 1. The van der Waals surface area contributed by atoms with Gasteiger partial charge in [-0.2, -0.15) is 0 Å². The first-order valence-corrected chi connectivity index (χ1v) is 6.09. The van der Waals surface area contributed by atoms with Gasteiger partial charge in [0, 0.05) is 12.2 Å². The number of benzene rings is 1. The van der Waals surface area contributed by atoms with Crippen LogP contribution in [0.4, 0.5) is 5.69 Å². The summed E-state index contributed by atoms with van der Waals surface area (Å²) in [6.45, 7) is 1.39. The van der Waals surface area contributed by atoms with Crippen molar-refractivity contribution in [3.8, 4) is 17.1 Å². The molecule has 0 amide bonds. The minimum Gasteiger partial charge on any atom is -0.495 e. The van der Waals surface area contributed by atoms with E-state index in [0.717, 1.165) is 18.6 Å². The van der Waals surface area contributed by atoms with Gasteiger partial charge in [0.2, 0.25) is 0 Å². The molecule has 0 radical (unpaired) electrons. The van der Waals surface area contributed by atoms with Crippen molar-refractivity contribution >= 4 is 5.69 Å². The van der Waals surface area contributed by atoms with Crippen molar-refractivity contribution in [2.45, 2.75) is 12.5 Å². The number of nitrogen functional groups attached to an aromatic ring is 1. The first-order chi connectivity index (χ1) is 9.29. The molecule has 1 atom stereocenters. The molecule has 1 aliphatic heterocycles. The third-order valence-corrected chi connectivity index (χ3v) is 3.24. The number of hydrogen-bond donors (Lipinski definition) is 1. The Kier molecular flexibility index (Phi) is 3.04. The Labute approximate surface area is 110 Å². The molecule has 2 aromatic rings. The van der Waals surface area contributed by atoms with Gasteiger partial charge in [-0.3, -0.25) is 0 Å². The Bertz CT molecular complexity index is 577. The number of aromatic nitrogens is 4. The molecule has 0 saturated carbocycles. The summed E-state index contributed by atoms with van der Waals surface area (Å²) in [5.74, 6) is 1.32. The molecule has 7 heteroatoms. The van der Waals surface area contributed by atoms with Crippen molar-refractivity contribution in [2.75, 3.05) is 26.1 Å². The molecule has 3 rings (SSSR count). The topological polar surface area (TPSA) is 88.1 Å². The van der Waals surface area contributed by atoms with Crippen molar-refractivity contribution in [3.05, 3.63) is 18.2 Å². The minimum atomic E-state index is 0.188. The molecule has 19 heavy (non-hydrogen) atoms. The highest BCUT2D eigenvalue weighted by molar-refractivity contribution is 5.65. The van der Waals surface area contributed by atoms with Crippen LogP contribution in [0.25, 0.3) is 11.4 Å². The van der Waals surface area contributed by atoms with Crippen molar-refractivity contribution < 1.29 is 9.47 Å². The van der Waals surface area contributed by atoms with Gasteiger partial charge in [-0.15, -0.1) is 5.10 Å². The standard InChI is InChI=1S/C12H15N5O2/c1-18-11-6-8(2-3-10(11)13)12-14-15-16-17(12)9-4-5-19-7-9/h2-3,6,9H,4-5,7,13H2,1H3. The largest absolute Gasteiger partial charge is 0.495 e. The molecule has 0 spiro atoms.